The summed E-state index contributed by atoms with van der Waals surface area (Å²) in [4.78, 5) is 9.78. The first-order valence-electron chi connectivity index (χ1n) is 5.76. The number of para-hydroxylation sites is 1. The molecule has 102 valence electrons. The second kappa shape index (κ2) is 5.30. The molecule has 0 fully saturated rings. The molecular weight excluding hydrogens is 286 g/mol. The summed E-state index contributed by atoms with van der Waals surface area (Å²) in [6.07, 6.45) is 1.49. The van der Waals surface area contributed by atoms with Gasteiger partial charge in [-0.05, 0) is 37.6 Å². The molecule has 19 heavy (non-hydrogen) atoms. The van der Waals surface area contributed by atoms with Crippen LogP contribution in [-0.2, 0) is 9.84 Å². The van der Waals surface area contributed by atoms with Gasteiger partial charge in [-0.25, -0.2) is 18.4 Å². The van der Waals surface area contributed by atoms with Crippen molar-refractivity contribution in [1.29, 1.82) is 0 Å². The highest BCUT2D eigenvalue weighted by atomic mass is 35.5. The Morgan fingerprint density at radius 3 is 2.58 bits per heavy atom. The maximum absolute atomic E-state index is 12.3. The second-order valence-electron chi connectivity index (χ2n) is 4.34. The number of anilines is 1. The summed E-state index contributed by atoms with van der Waals surface area (Å²) in [5.41, 5.74) is 0.563. The third-order valence-corrected chi connectivity index (χ3v) is 5.18. The average Bonchev–Trinajstić information content (AvgIpc) is 2.39. The van der Waals surface area contributed by atoms with Crippen LogP contribution in [0.2, 0.25) is 0 Å². The van der Waals surface area contributed by atoms with Crippen molar-refractivity contribution >= 4 is 38.8 Å². The molecule has 7 heteroatoms. The molecule has 0 spiro atoms. The molecule has 0 atom stereocenters. The minimum Gasteiger partial charge on any atom is -0.311 e. The monoisotopic (exact) mass is 299 g/mol. The predicted octanol–water partition coefficient (Wildman–Crippen LogP) is 2.27. The van der Waals surface area contributed by atoms with Gasteiger partial charge in [-0.2, -0.15) is 0 Å². The van der Waals surface area contributed by atoms with Crippen molar-refractivity contribution in [2.45, 2.75) is 24.0 Å². The fourth-order valence-corrected chi connectivity index (χ4v) is 3.01. The Hall–Kier alpha value is -1.40. The number of hydrogen-bond donors (Lipinski definition) is 0. The minimum absolute atomic E-state index is 0.167. The normalized spacial score (nSPS) is 15.8. The number of halogens is 1. The fraction of sp³-hybridized carbons (Fsp3) is 0.333. The highest BCUT2D eigenvalue weighted by molar-refractivity contribution is 7.92. The van der Waals surface area contributed by atoms with Crippen molar-refractivity contribution in [3.05, 3.63) is 24.3 Å². The molecule has 1 aliphatic heterocycles. The molecule has 0 aromatic heterocycles. The summed E-state index contributed by atoms with van der Waals surface area (Å²) in [7, 11) is -3.36. The van der Waals surface area contributed by atoms with Crippen molar-refractivity contribution < 1.29 is 8.42 Å². The molecule has 0 saturated heterocycles. The maximum Gasteiger partial charge on any atom is 0.220 e. The SMILES string of the molecule is CC(C)S(=O)(=O)c1ccccc1N1C=NC(Cl)=NC1. The first kappa shape index (κ1) is 14.0. The molecule has 0 radical (unpaired) electrons. The van der Waals surface area contributed by atoms with E-state index in [-0.39, 0.29) is 16.9 Å². The number of aliphatic imine (C=N–C) groups is 2. The Labute approximate surface area is 117 Å². The van der Waals surface area contributed by atoms with Crippen LogP contribution in [0.25, 0.3) is 0 Å². The van der Waals surface area contributed by atoms with Gasteiger partial charge < -0.3 is 4.90 Å². The number of sulfone groups is 1. The van der Waals surface area contributed by atoms with E-state index in [1.807, 2.05) is 0 Å². The zero-order valence-corrected chi connectivity index (χ0v) is 12.2. The van der Waals surface area contributed by atoms with Gasteiger partial charge in [0.15, 0.2) is 9.84 Å². The molecular formula is C12H14ClN3O2S. The van der Waals surface area contributed by atoms with Crippen molar-refractivity contribution in [2.24, 2.45) is 9.98 Å². The molecule has 1 aromatic rings. The van der Waals surface area contributed by atoms with Crippen molar-refractivity contribution in [1.82, 2.24) is 0 Å². The molecule has 2 rings (SSSR count). The first-order chi connectivity index (χ1) is 8.93. The quantitative estimate of drug-likeness (QED) is 0.804. The van der Waals surface area contributed by atoms with E-state index in [1.54, 1.807) is 43.0 Å². The van der Waals surface area contributed by atoms with Crippen LogP contribution in [0.1, 0.15) is 13.8 Å². The molecule has 5 nitrogen and oxygen atoms in total. The van der Waals surface area contributed by atoms with Gasteiger partial charge >= 0.3 is 0 Å². The predicted molar refractivity (Wildman–Crippen MR) is 77.9 cm³/mol. The number of hydrogen-bond acceptors (Lipinski definition) is 5. The summed E-state index contributed by atoms with van der Waals surface area (Å²) >= 11 is 5.66. The van der Waals surface area contributed by atoms with E-state index >= 15 is 0 Å². The van der Waals surface area contributed by atoms with E-state index in [2.05, 4.69) is 9.98 Å². The zero-order chi connectivity index (χ0) is 14.0. The van der Waals surface area contributed by atoms with Crippen LogP contribution in [0.5, 0.6) is 0 Å². The Morgan fingerprint density at radius 2 is 2.00 bits per heavy atom. The third kappa shape index (κ3) is 2.79. The van der Waals surface area contributed by atoms with E-state index in [9.17, 15) is 8.42 Å². The highest BCUT2D eigenvalue weighted by Gasteiger charge is 2.24. The van der Waals surface area contributed by atoms with Crippen LogP contribution in [0, 0.1) is 0 Å². The van der Waals surface area contributed by atoms with Gasteiger partial charge in [0.1, 0.15) is 13.0 Å². The van der Waals surface area contributed by atoms with Crippen LogP contribution < -0.4 is 4.90 Å². The van der Waals surface area contributed by atoms with Gasteiger partial charge in [0.25, 0.3) is 0 Å². The molecule has 0 saturated carbocycles. The lowest BCUT2D eigenvalue weighted by atomic mass is 10.3. The fourth-order valence-electron chi connectivity index (χ4n) is 1.66. The lowest BCUT2D eigenvalue weighted by Gasteiger charge is -2.23. The summed E-state index contributed by atoms with van der Waals surface area (Å²) in [5.74, 6) is 0. The molecule has 1 aliphatic rings. The lowest BCUT2D eigenvalue weighted by molar-refractivity contribution is 0.587. The van der Waals surface area contributed by atoms with Gasteiger partial charge in [-0.3, -0.25) is 0 Å². The maximum atomic E-state index is 12.3. The van der Waals surface area contributed by atoms with E-state index in [4.69, 9.17) is 11.6 Å². The topological polar surface area (TPSA) is 62.1 Å². The molecule has 0 unspecified atom stereocenters. The molecule has 0 amide bonds. The first-order valence-corrected chi connectivity index (χ1v) is 7.69. The van der Waals surface area contributed by atoms with Crippen LogP contribution >= 0.6 is 11.6 Å². The summed E-state index contributed by atoms with van der Waals surface area (Å²) in [6, 6.07) is 6.81. The highest BCUT2D eigenvalue weighted by Crippen LogP contribution is 2.28. The molecule has 0 aliphatic carbocycles. The third-order valence-electron chi connectivity index (χ3n) is 2.76. The summed E-state index contributed by atoms with van der Waals surface area (Å²) < 4.78 is 24.7. The van der Waals surface area contributed by atoms with E-state index < -0.39 is 15.1 Å². The molecule has 1 aromatic carbocycles. The Balaban J connectivity index is 2.47. The Kier molecular flexibility index (Phi) is 3.91. The smallest absolute Gasteiger partial charge is 0.220 e. The van der Waals surface area contributed by atoms with Crippen molar-refractivity contribution in [3.8, 4) is 0 Å². The van der Waals surface area contributed by atoms with E-state index in [1.165, 1.54) is 6.34 Å². The molecule has 0 N–H and O–H groups in total. The van der Waals surface area contributed by atoms with Crippen molar-refractivity contribution in [2.75, 3.05) is 11.6 Å². The Bertz CT molecular complexity index is 638. The summed E-state index contributed by atoms with van der Waals surface area (Å²) in [6.45, 7) is 3.57. The molecule has 1 heterocycles. The lowest BCUT2D eigenvalue weighted by Crippen LogP contribution is -2.27. The van der Waals surface area contributed by atoms with Crippen molar-refractivity contribution in [3.63, 3.8) is 0 Å². The number of nitrogens with zero attached hydrogens (tertiary/aromatic N) is 3. The van der Waals surface area contributed by atoms with Crippen LogP contribution in [-0.4, -0.2) is 32.0 Å². The average molecular weight is 300 g/mol. The minimum atomic E-state index is -3.36. The van der Waals surface area contributed by atoms with Gasteiger partial charge in [0.2, 0.25) is 5.29 Å². The van der Waals surface area contributed by atoms with Gasteiger partial charge in [-0.1, -0.05) is 12.1 Å². The van der Waals surface area contributed by atoms with Crippen LogP contribution in [0.3, 0.4) is 0 Å². The zero-order valence-electron chi connectivity index (χ0n) is 10.6. The molecule has 0 bridgehead atoms. The van der Waals surface area contributed by atoms with Gasteiger partial charge in [0, 0.05) is 0 Å². The Morgan fingerprint density at radius 1 is 1.32 bits per heavy atom. The standard InChI is InChI=1S/C12H14ClN3O2S/c1-9(2)19(17,18)11-6-4-3-5-10(11)16-7-14-12(13)15-8-16/h3-7,9H,8H2,1-2H3. The second-order valence-corrected chi connectivity index (χ2v) is 7.16. The van der Waals surface area contributed by atoms with Gasteiger partial charge in [-0.15, -0.1) is 0 Å². The van der Waals surface area contributed by atoms with E-state index in [0.29, 0.717) is 5.69 Å². The number of amidine groups is 1. The van der Waals surface area contributed by atoms with E-state index in [0.717, 1.165) is 0 Å². The number of rotatable bonds is 3. The summed E-state index contributed by atoms with van der Waals surface area (Å²) in [5, 5.41) is -0.317. The number of benzene rings is 1. The largest absolute Gasteiger partial charge is 0.311 e. The van der Waals surface area contributed by atoms with Gasteiger partial charge in [0.05, 0.1) is 15.8 Å². The van der Waals surface area contributed by atoms with Crippen LogP contribution in [0.15, 0.2) is 39.1 Å². The van der Waals surface area contributed by atoms with Crippen LogP contribution in [0.4, 0.5) is 5.69 Å².